The summed E-state index contributed by atoms with van der Waals surface area (Å²) in [7, 11) is 0. The molecule has 31 heavy (non-hydrogen) atoms. The molecular weight excluding hydrogens is 433 g/mol. The number of benzene rings is 1. The summed E-state index contributed by atoms with van der Waals surface area (Å²) in [6.45, 7) is 3.75. The third-order valence-electron chi connectivity index (χ3n) is 5.51. The maximum Gasteiger partial charge on any atom is 0.389 e. The standard InChI is InChI=1S/C20H20ClF3N6O/c1-3-7-19(2)14-15(25)26-18(28-16(14)27-17(19)31)30-13-5-4-10(21)9-11(13)12(29-30)6-8-20(22,23)24/h4-5,9H,3,6-8H2,1-2H3,(H3,25,26,27,28,31). The van der Waals surface area contributed by atoms with Crippen LogP contribution < -0.4 is 11.1 Å². The normalized spacial score (nSPS) is 18.5. The summed E-state index contributed by atoms with van der Waals surface area (Å²) in [5.41, 5.74) is 6.61. The summed E-state index contributed by atoms with van der Waals surface area (Å²) in [6.07, 6.45) is -4.33. The molecule has 11 heteroatoms. The van der Waals surface area contributed by atoms with Crippen molar-refractivity contribution in [3.05, 3.63) is 34.5 Å². The number of alkyl halides is 3. The highest BCUT2D eigenvalue weighted by molar-refractivity contribution is 6.31. The molecule has 3 heterocycles. The lowest BCUT2D eigenvalue weighted by atomic mass is 9.80. The summed E-state index contributed by atoms with van der Waals surface area (Å²) in [4.78, 5) is 21.4. The lowest BCUT2D eigenvalue weighted by Crippen LogP contribution is -2.31. The van der Waals surface area contributed by atoms with Gasteiger partial charge in [-0.2, -0.15) is 32.9 Å². The minimum atomic E-state index is -4.32. The van der Waals surface area contributed by atoms with Crippen LogP contribution in [0, 0.1) is 0 Å². The van der Waals surface area contributed by atoms with Crippen LogP contribution in [0.4, 0.5) is 24.8 Å². The number of aromatic nitrogens is 4. The van der Waals surface area contributed by atoms with Gasteiger partial charge in [0.1, 0.15) is 11.6 Å². The second-order valence-corrected chi connectivity index (χ2v) is 8.24. The fourth-order valence-electron chi connectivity index (χ4n) is 4.04. The Labute approximate surface area is 180 Å². The molecule has 1 aliphatic heterocycles. The number of halogens is 4. The smallest absolute Gasteiger partial charge is 0.383 e. The number of nitrogens with zero attached hydrogens (tertiary/aromatic N) is 4. The molecule has 1 aromatic carbocycles. The molecule has 2 aromatic heterocycles. The van der Waals surface area contributed by atoms with Crippen molar-refractivity contribution in [1.82, 2.24) is 19.7 Å². The van der Waals surface area contributed by atoms with Crippen molar-refractivity contribution in [2.45, 2.75) is 51.1 Å². The highest BCUT2D eigenvalue weighted by Crippen LogP contribution is 2.43. The van der Waals surface area contributed by atoms with E-state index in [2.05, 4.69) is 20.4 Å². The molecule has 1 atom stereocenters. The number of nitrogens with one attached hydrogen (secondary N) is 1. The molecule has 0 bridgehead atoms. The summed E-state index contributed by atoms with van der Waals surface area (Å²) in [5, 5.41) is 7.92. The summed E-state index contributed by atoms with van der Waals surface area (Å²) in [5.74, 6) is 0.259. The Morgan fingerprint density at radius 2 is 2.03 bits per heavy atom. The van der Waals surface area contributed by atoms with Crippen molar-refractivity contribution < 1.29 is 18.0 Å². The van der Waals surface area contributed by atoms with Gasteiger partial charge in [0.15, 0.2) is 0 Å². The zero-order chi connectivity index (χ0) is 22.6. The van der Waals surface area contributed by atoms with Crippen molar-refractivity contribution in [2.24, 2.45) is 0 Å². The molecule has 0 saturated heterocycles. The first kappa shape index (κ1) is 21.4. The lowest BCUT2D eigenvalue weighted by molar-refractivity contribution is -0.134. The number of nitrogens with two attached hydrogens (primary N) is 1. The van der Waals surface area contributed by atoms with Gasteiger partial charge in [0.2, 0.25) is 5.91 Å². The van der Waals surface area contributed by atoms with Crippen LogP contribution in [0.5, 0.6) is 0 Å². The predicted octanol–water partition coefficient (Wildman–Crippen LogP) is 4.56. The van der Waals surface area contributed by atoms with Crippen LogP contribution in [0.3, 0.4) is 0 Å². The number of carbonyl (C=O) groups excluding carboxylic acids is 1. The van der Waals surface area contributed by atoms with Crippen molar-refractivity contribution in [3.63, 3.8) is 0 Å². The molecule has 7 nitrogen and oxygen atoms in total. The van der Waals surface area contributed by atoms with Gasteiger partial charge >= 0.3 is 6.18 Å². The second-order valence-electron chi connectivity index (χ2n) is 7.80. The third kappa shape index (κ3) is 3.69. The number of nitrogen functional groups attached to an aromatic ring is 1. The van der Waals surface area contributed by atoms with Crippen LogP contribution in [-0.2, 0) is 16.6 Å². The molecule has 0 spiro atoms. The average Bonchev–Trinajstić information content (AvgIpc) is 3.15. The van der Waals surface area contributed by atoms with E-state index in [1.807, 2.05) is 6.92 Å². The zero-order valence-electron chi connectivity index (χ0n) is 16.8. The Hall–Kier alpha value is -2.88. The van der Waals surface area contributed by atoms with Crippen LogP contribution in [0.25, 0.3) is 16.9 Å². The Kier molecular flexibility index (Phi) is 5.07. The molecule has 3 aromatic rings. The van der Waals surface area contributed by atoms with Crippen LogP contribution in [-0.4, -0.2) is 31.8 Å². The van der Waals surface area contributed by atoms with E-state index in [4.69, 9.17) is 17.3 Å². The van der Waals surface area contributed by atoms with E-state index in [-0.39, 0.29) is 35.6 Å². The van der Waals surface area contributed by atoms with Crippen LogP contribution in [0.1, 0.15) is 44.4 Å². The number of anilines is 2. The van der Waals surface area contributed by atoms with Gasteiger partial charge in [-0.05, 0) is 31.5 Å². The monoisotopic (exact) mass is 452 g/mol. The highest BCUT2D eigenvalue weighted by Gasteiger charge is 2.45. The fourth-order valence-corrected chi connectivity index (χ4v) is 4.21. The molecule has 0 radical (unpaired) electrons. The SMILES string of the molecule is CCCC1(C)C(=O)Nc2nc(-n3nc(CCC(F)(F)F)c4cc(Cl)ccc43)nc(N)c21. The molecule has 164 valence electrons. The minimum Gasteiger partial charge on any atom is -0.383 e. The van der Waals surface area contributed by atoms with Gasteiger partial charge in [0, 0.05) is 23.3 Å². The van der Waals surface area contributed by atoms with Gasteiger partial charge in [-0.3, -0.25) is 4.79 Å². The maximum absolute atomic E-state index is 12.8. The van der Waals surface area contributed by atoms with Gasteiger partial charge in [-0.25, -0.2) is 0 Å². The number of carbonyl (C=O) groups is 1. The number of hydrogen-bond acceptors (Lipinski definition) is 5. The third-order valence-corrected chi connectivity index (χ3v) is 5.75. The average molecular weight is 453 g/mol. The van der Waals surface area contributed by atoms with E-state index in [0.717, 1.165) is 6.42 Å². The zero-order valence-corrected chi connectivity index (χ0v) is 17.6. The molecule has 1 unspecified atom stereocenters. The van der Waals surface area contributed by atoms with Gasteiger partial charge in [0.05, 0.1) is 22.2 Å². The number of aryl methyl sites for hydroxylation is 1. The number of rotatable bonds is 5. The molecule has 0 aliphatic carbocycles. The van der Waals surface area contributed by atoms with E-state index in [9.17, 15) is 18.0 Å². The van der Waals surface area contributed by atoms with Gasteiger partial charge < -0.3 is 11.1 Å². The Bertz CT molecular complexity index is 1190. The summed E-state index contributed by atoms with van der Waals surface area (Å²) >= 11 is 6.06. The first-order chi connectivity index (χ1) is 14.5. The Morgan fingerprint density at radius 1 is 1.29 bits per heavy atom. The molecular formula is C20H20ClF3N6O. The Balaban J connectivity index is 1.84. The lowest BCUT2D eigenvalue weighted by Gasteiger charge is -2.21. The van der Waals surface area contributed by atoms with Crippen molar-refractivity contribution in [1.29, 1.82) is 0 Å². The van der Waals surface area contributed by atoms with E-state index in [1.165, 1.54) is 4.68 Å². The van der Waals surface area contributed by atoms with Gasteiger partial charge in [-0.15, -0.1) is 0 Å². The number of hydrogen-bond donors (Lipinski definition) is 2. The van der Waals surface area contributed by atoms with Crippen LogP contribution in [0.2, 0.25) is 5.02 Å². The van der Waals surface area contributed by atoms with Gasteiger partial charge in [0.25, 0.3) is 5.95 Å². The fraction of sp³-hybridized carbons (Fsp3) is 0.400. The molecule has 0 fully saturated rings. The molecule has 1 amide bonds. The van der Waals surface area contributed by atoms with Crippen molar-refractivity contribution in [2.75, 3.05) is 11.1 Å². The van der Waals surface area contributed by atoms with Crippen molar-refractivity contribution in [3.8, 4) is 5.95 Å². The molecule has 0 saturated carbocycles. The highest BCUT2D eigenvalue weighted by atomic mass is 35.5. The van der Waals surface area contributed by atoms with Crippen LogP contribution in [0.15, 0.2) is 18.2 Å². The number of fused-ring (bicyclic) bond motifs is 2. The van der Waals surface area contributed by atoms with Crippen LogP contribution >= 0.6 is 11.6 Å². The largest absolute Gasteiger partial charge is 0.389 e. The second kappa shape index (κ2) is 7.37. The van der Waals surface area contributed by atoms with E-state index in [1.54, 1.807) is 25.1 Å². The summed E-state index contributed by atoms with van der Waals surface area (Å²) in [6, 6.07) is 4.80. The van der Waals surface area contributed by atoms with E-state index in [0.29, 0.717) is 27.9 Å². The molecule has 3 N–H and O–H groups in total. The Morgan fingerprint density at radius 3 is 2.71 bits per heavy atom. The topological polar surface area (TPSA) is 98.7 Å². The minimum absolute atomic E-state index is 0.0582. The van der Waals surface area contributed by atoms with Gasteiger partial charge in [-0.1, -0.05) is 24.9 Å². The first-order valence-corrected chi connectivity index (χ1v) is 10.1. The molecule has 1 aliphatic rings. The first-order valence-electron chi connectivity index (χ1n) is 9.77. The van der Waals surface area contributed by atoms with E-state index < -0.39 is 18.0 Å². The maximum atomic E-state index is 12.8. The summed E-state index contributed by atoms with van der Waals surface area (Å²) < 4.78 is 39.7. The molecule has 4 rings (SSSR count). The number of amides is 1. The van der Waals surface area contributed by atoms with Crippen molar-refractivity contribution >= 4 is 40.0 Å². The quantitative estimate of drug-likeness (QED) is 0.591. The predicted molar refractivity (Wildman–Crippen MR) is 111 cm³/mol. The van der Waals surface area contributed by atoms with E-state index >= 15 is 0 Å².